The Morgan fingerprint density at radius 1 is 1.62 bits per heavy atom. The molecule has 1 aromatic heterocycles. The first-order valence-electron chi connectivity index (χ1n) is 4.06. The van der Waals surface area contributed by atoms with Crippen LogP contribution in [0.5, 0.6) is 0 Å². The summed E-state index contributed by atoms with van der Waals surface area (Å²) in [7, 11) is 0. The van der Waals surface area contributed by atoms with Gasteiger partial charge in [0.05, 0.1) is 12.6 Å². The van der Waals surface area contributed by atoms with Crippen LogP contribution < -0.4 is 5.73 Å². The van der Waals surface area contributed by atoms with Gasteiger partial charge in [0.15, 0.2) is 0 Å². The molecule has 3 nitrogen and oxygen atoms in total. The predicted molar refractivity (Wildman–Crippen MR) is 52.7 cm³/mol. The molecule has 72 valence electrons. The standard InChI is InChI=1S/C9H13ClN2O/c1-5-3-7(10)9(6(2)12-5)8(11)4-13/h3,8,13H,4,11H2,1-2H3. The van der Waals surface area contributed by atoms with Crippen LogP contribution in [0, 0.1) is 13.8 Å². The smallest absolute Gasteiger partial charge is 0.0625 e. The van der Waals surface area contributed by atoms with Gasteiger partial charge in [0.1, 0.15) is 0 Å². The summed E-state index contributed by atoms with van der Waals surface area (Å²) < 4.78 is 0. The summed E-state index contributed by atoms with van der Waals surface area (Å²) in [5.74, 6) is 0. The minimum atomic E-state index is -0.444. The molecule has 3 N–H and O–H groups in total. The first-order valence-corrected chi connectivity index (χ1v) is 4.44. The lowest BCUT2D eigenvalue weighted by Crippen LogP contribution is -2.17. The van der Waals surface area contributed by atoms with Crippen LogP contribution in [0.25, 0.3) is 0 Å². The molecule has 1 rings (SSSR count). The third-order valence-electron chi connectivity index (χ3n) is 1.89. The molecule has 0 aliphatic carbocycles. The Bertz CT molecular complexity index is 291. The van der Waals surface area contributed by atoms with Gasteiger partial charge in [-0.25, -0.2) is 0 Å². The summed E-state index contributed by atoms with van der Waals surface area (Å²) in [6.45, 7) is 3.59. The quantitative estimate of drug-likeness (QED) is 0.758. The van der Waals surface area contributed by atoms with Gasteiger partial charge in [-0.15, -0.1) is 0 Å². The summed E-state index contributed by atoms with van der Waals surface area (Å²) >= 11 is 5.98. The van der Waals surface area contributed by atoms with Crippen molar-refractivity contribution in [2.24, 2.45) is 5.73 Å². The van der Waals surface area contributed by atoms with E-state index in [1.165, 1.54) is 0 Å². The second-order valence-electron chi connectivity index (χ2n) is 3.03. The van der Waals surface area contributed by atoms with E-state index in [4.69, 9.17) is 22.4 Å². The van der Waals surface area contributed by atoms with Crippen LogP contribution >= 0.6 is 11.6 Å². The minimum absolute atomic E-state index is 0.120. The van der Waals surface area contributed by atoms with Crippen molar-refractivity contribution in [3.05, 3.63) is 28.0 Å². The summed E-state index contributed by atoms with van der Waals surface area (Å²) in [5, 5.41) is 9.47. The van der Waals surface area contributed by atoms with Crippen molar-refractivity contribution in [2.75, 3.05) is 6.61 Å². The number of aliphatic hydroxyl groups is 1. The molecule has 0 saturated heterocycles. The molecule has 0 aliphatic heterocycles. The average Bonchev–Trinajstić information content (AvgIpc) is 2.02. The first-order chi connectivity index (χ1) is 6.06. The summed E-state index contributed by atoms with van der Waals surface area (Å²) in [4.78, 5) is 4.23. The maximum absolute atomic E-state index is 8.89. The predicted octanol–water partition coefficient (Wildman–Crippen LogP) is 1.34. The second-order valence-corrected chi connectivity index (χ2v) is 3.44. The number of nitrogens with zero attached hydrogens (tertiary/aromatic N) is 1. The first kappa shape index (κ1) is 10.4. The number of aromatic nitrogens is 1. The third kappa shape index (κ3) is 2.18. The fraction of sp³-hybridized carbons (Fsp3) is 0.444. The molecule has 13 heavy (non-hydrogen) atoms. The molecule has 0 amide bonds. The van der Waals surface area contributed by atoms with Crippen LogP contribution in [0.2, 0.25) is 5.02 Å². The molecule has 0 fully saturated rings. The Morgan fingerprint density at radius 3 is 2.69 bits per heavy atom. The van der Waals surface area contributed by atoms with Crippen molar-refractivity contribution in [3.8, 4) is 0 Å². The molecule has 4 heteroatoms. The third-order valence-corrected chi connectivity index (χ3v) is 2.21. The van der Waals surface area contributed by atoms with Crippen LogP contribution in [0.4, 0.5) is 0 Å². The van der Waals surface area contributed by atoms with Crippen molar-refractivity contribution in [1.29, 1.82) is 0 Å². The molecule has 0 spiro atoms. The molecule has 1 heterocycles. The van der Waals surface area contributed by atoms with Crippen LogP contribution in [0.1, 0.15) is 23.0 Å². The highest BCUT2D eigenvalue weighted by atomic mass is 35.5. The van der Waals surface area contributed by atoms with Crippen LogP contribution in [-0.4, -0.2) is 16.7 Å². The molecule has 1 atom stereocenters. The monoisotopic (exact) mass is 200 g/mol. The van der Waals surface area contributed by atoms with E-state index >= 15 is 0 Å². The van der Waals surface area contributed by atoms with E-state index in [9.17, 15) is 0 Å². The summed E-state index contributed by atoms with van der Waals surface area (Å²) in [6.07, 6.45) is 0. The Labute approximate surface area is 82.5 Å². The Morgan fingerprint density at radius 2 is 2.23 bits per heavy atom. The van der Waals surface area contributed by atoms with Crippen LogP contribution in [-0.2, 0) is 0 Å². The molecule has 0 radical (unpaired) electrons. The van der Waals surface area contributed by atoms with Gasteiger partial charge in [0.2, 0.25) is 0 Å². The van der Waals surface area contributed by atoms with E-state index in [1.807, 2.05) is 13.8 Å². The summed E-state index contributed by atoms with van der Waals surface area (Å²) in [6, 6.07) is 1.31. The molecular weight excluding hydrogens is 188 g/mol. The molecule has 1 unspecified atom stereocenters. The van der Waals surface area contributed by atoms with Gasteiger partial charge in [-0.05, 0) is 19.9 Å². The Hall–Kier alpha value is -0.640. The van der Waals surface area contributed by atoms with Crippen LogP contribution in [0.15, 0.2) is 6.07 Å². The van der Waals surface area contributed by atoms with Gasteiger partial charge < -0.3 is 10.8 Å². The molecular formula is C9H13ClN2O. The van der Waals surface area contributed by atoms with Crippen molar-refractivity contribution in [1.82, 2.24) is 4.98 Å². The number of aryl methyl sites for hydroxylation is 2. The average molecular weight is 201 g/mol. The van der Waals surface area contributed by atoms with Crippen molar-refractivity contribution >= 4 is 11.6 Å². The van der Waals surface area contributed by atoms with Gasteiger partial charge in [0.25, 0.3) is 0 Å². The normalized spacial score (nSPS) is 13.0. The number of hydrogen-bond donors (Lipinski definition) is 2. The second kappa shape index (κ2) is 4.05. The number of hydrogen-bond acceptors (Lipinski definition) is 3. The fourth-order valence-electron chi connectivity index (χ4n) is 1.33. The number of nitrogens with two attached hydrogens (primary N) is 1. The Balaban J connectivity index is 3.20. The highest BCUT2D eigenvalue weighted by Crippen LogP contribution is 2.24. The summed E-state index contributed by atoms with van der Waals surface area (Å²) in [5.41, 5.74) is 8.04. The zero-order valence-corrected chi connectivity index (χ0v) is 8.47. The van der Waals surface area contributed by atoms with Gasteiger partial charge in [-0.1, -0.05) is 11.6 Å². The lowest BCUT2D eigenvalue weighted by Gasteiger charge is -2.13. The maximum atomic E-state index is 8.89. The lowest BCUT2D eigenvalue weighted by atomic mass is 10.1. The van der Waals surface area contributed by atoms with E-state index < -0.39 is 6.04 Å². The van der Waals surface area contributed by atoms with Crippen molar-refractivity contribution in [2.45, 2.75) is 19.9 Å². The SMILES string of the molecule is Cc1cc(Cl)c(C(N)CO)c(C)n1. The largest absolute Gasteiger partial charge is 0.394 e. The van der Waals surface area contributed by atoms with Gasteiger partial charge >= 0.3 is 0 Å². The van der Waals surface area contributed by atoms with Crippen LogP contribution in [0.3, 0.4) is 0 Å². The molecule has 1 aromatic rings. The van der Waals surface area contributed by atoms with E-state index in [0.29, 0.717) is 5.02 Å². The topological polar surface area (TPSA) is 59.1 Å². The number of pyridine rings is 1. The number of rotatable bonds is 2. The molecule has 0 bridgehead atoms. The number of halogens is 1. The highest BCUT2D eigenvalue weighted by molar-refractivity contribution is 6.31. The van der Waals surface area contributed by atoms with Gasteiger partial charge in [-0.2, -0.15) is 0 Å². The van der Waals surface area contributed by atoms with E-state index in [2.05, 4.69) is 4.98 Å². The zero-order valence-electron chi connectivity index (χ0n) is 7.71. The number of aliphatic hydroxyl groups excluding tert-OH is 1. The zero-order chi connectivity index (χ0) is 10.0. The van der Waals surface area contributed by atoms with Crippen molar-refractivity contribution < 1.29 is 5.11 Å². The highest BCUT2D eigenvalue weighted by Gasteiger charge is 2.13. The van der Waals surface area contributed by atoms with Crippen molar-refractivity contribution in [3.63, 3.8) is 0 Å². The maximum Gasteiger partial charge on any atom is 0.0625 e. The van der Waals surface area contributed by atoms with Gasteiger partial charge in [-0.3, -0.25) is 4.98 Å². The molecule has 0 aliphatic rings. The minimum Gasteiger partial charge on any atom is -0.394 e. The van der Waals surface area contributed by atoms with E-state index in [-0.39, 0.29) is 6.61 Å². The molecule has 0 saturated carbocycles. The van der Waals surface area contributed by atoms with E-state index in [0.717, 1.165) is 17.0 Å². The Kier molecular flexibility index (Phi) is 3.25. The molecule has 0 aromatic carbocycles. The van der Waals surface area contributed by atoms with Gasteiger partial charge in [0, 0.05) is 22.0 Å². The van der Waals surface area contributed by atoms with E-state index in [1.54, 1.807) is 6.07 Å². The fourth-order valence-corrected chi connectivity index (χ4v) is 1.76. The lowest BCUT2D eigenvalue weighted by molar-refractivity contribution is 0.267.